The molecule has 0 aromatic heterocycles. The number of carbonyl (C=O) groups is 1. The number of hydrogen-bond acceptors (Lipinski definition) is 5. The largest absolute Gasteiger partial charge is 0.479 e. The number of nitrogens with zero attached hydrogens (tertiary/aromatic N) is 2. The maximum Gasteiger partial charge on any atom is 0.270 e. The van der Waals surface area contributed by atoms with E-state index in [0.29, 0.717) is 10.7 Å². The maximum atomic E-state index is 14.0. The van der Waals surface area contributed by atoms with Gasteiger partial charge in [-0.2, -0.15) is 5.26 Å². The number of ether oxygens (including phenoxy) is 1. The summed E-state index contributed by atoms with van der Waals surface area (Å²) in [5.41, 5.74) is 0.923. The molecule has 1 fully saturated rings. The van der Waals surface area contributed by atoms with Gasteiger partial charge in [0.25, 0.3) is 5.91 Å². The van der Waals surface area contributed by atoms with Crippen molar-refractivity contribution in [2.24, 2.45) is 0 Å². The number of amides is 1. The van der Waals surface area contributed by atoms with Gasteiger partial charge in [-0.15, -0.1) is 0 Å². The molecule has 0 radical (unpaired) electrons. The molecule has 1 aliphatic rings. The highest BCUT2D eigenvalue weighted by Crippen LogP contribution is 2.37. The molecular formula is C18H11FN2O2S2. The number of carbonyl (C=O) groups excluding carboxylic acids is 1. The van der Waals surface area contributed by atoms with Crippen LogP contribution in [0.2, 0.25) is 0 Å². The summed E-state index contributed by atoms with van der Waals surface area (Å²) in [4.78, 5) is 14.2. The van der Waals surface area contributed by atoms with E-state index in [1.807, 2.05) is 6.07 Å². The van der Waals surface area contributed by atoms with Gasteiger partial charge < -0.3 is 4.74 Å². The fourth-order valence-corrected chi connectivity index (χ4v) is 3.52. The number of anilines is 1. The minimum absolute atomic E-state index is 0.0271. The van der Waals surface area contributed by atoms with Crippen LogP contribution in [0, 0.1) is 17.1 Å². The zero-order valence-electron chi connectivity index (χ0n) is 12.8. The third-order valence-corrected chi connectivity index (χ3v) is 4.67. The third-order valence-electron chi connectivity index (χ3n) is 3.37. The van der Waals surface area contributed by atoms with Crippen molar-refractivity contribution in [3.63, 3.8) is 0 Å². The summed E-state index contributed by atoms with van der Waals surface area (Å²) < 4.78 is 19.4. The number of rotatable bonds is 4. The SMILES string of the molecule is N#CCOc1ccc(/C=C2/SC(=S)N(c3ccccc3F)C2=O)cc1. The molecule has 0 unspecified atom stereocenters. The van der Waals surface area contributed by atoms with Gasteiger partial charge in [-0.05, 0) is 35.9 Å². The van der Waals surface area contributed by atoms with Crippen molar-refractivity contribution in [1.82, 2.24) is 0 Å². The highest BCUT2D eigenvalue weighted by molar-refractivity contribution is 8.27. The molecule has 0 spiro atoms. The number of thiocarbonyl (C=S) groups is 1. The zero-order valence-corrected chi connectivity index (χ0v) is 14.4. The number of nitriles is 1. The predicted molar refractivity (Wildman–Crippen MR) is 99.6 cm³/mol. The molecule has 0 N–H and O–H groups in total. The lowest BCUT2D eigenvalue weighted by atomic mass is 10.2. The molecule has 1 amide bonds. The third kappa shape index (κ3) is 3.71. The van der Waals surface area contributed by atoms with Crippen LogP contribution in [-0.2, 0) is 4.79 Å². The predicted octanol–water partition coefficient (Wildman–Crippen LogP) is 4.13. The lowest BCUT2D eigenvalue weighted by molar-refractivity contribution is -0.113. The molecule has 0 aliphatic carbocycles. The van der Waals surface area contributed by atoms with Gasteiger partial charge in [-0.1, -0.05) is 48.2 Å². The Bertz CT molecular complexity index is 904. The van der Waals surface area contributed by atoms with Crippen molar-refractivity contribution < 1.29 is 13.9 Å². The Hall–Kier alpha value is -2.69. The molecule has 4 nitrogen and oxygen atoms in total. The first-order valence-electron chi connectivity index (χ1n) is 7.22. The Morgan fingerprint density at radius 2 is 1.96 bits per heavy atom. The fourth-order valence-electron chi connectivity index (χ4n) is 2.24. The van der Waals surface area contributed by atoms with E-state index in [-0.39, 0.29) is 22.5 Å². The maximum absolute atomic E-state index is 14.0. The average molecular weight is 370 g/mol. The highest BCUT2D eigenvalue weighted by atomic mass is 32.2. The van der Waals surface area contributed by atoms with E-state index in [4.69, 9.17) is 22.2 Å². The molecular weight excluding hydrogens is 359 g/mol. The number of halogens is 1. The van der Waals surface area contributed by atoms with Crippen molar-refractivity contribution in [2.75, 3.05) is 11.5 Å². The van der Waals surface area contributed by atoms with Gasteiger partial charge in [-0.25, -0.2) is 4.39 Å². The minimum Gasteiger partial charge on any atom is -0.479 e. The zero-order chi connectivity index (χ0) is 17.8. The standard InChI is InChI=1S/C18H11FN2O2S2/c19-14-3-1-2-4-15(14)21-17(22)16(25-18(21)24)11-12-5-7-13(8-6-12)23-10-9-20/h1-8,11H,10H2/b16-11+. The summed E-state index contributed by atoms with van der Waals surface area (Å²) in [6.45, 7) is -0.0271. The molecule has 0 atom stereocenters. The Labute approximate surface area is 153 Å². The second-order valence-electron chi connectivity index (χ2n) is 4.98. The van der Waals surface area contributed by atoms with Crippen LogP contribution in [0.5, 0.6) is 5.75 Å². The molecule has 0 saturated carbocycles. The smallest absolute Gasteiger partial charge is 0.270 e. The molecule has 0 bridgehead atoms. The molecule has 1 heterocycles. The van der Waals surface area contributed by atoms with E-state index in [1.165, 1.54) is 17.0 Å². The lowest BCUT2D eigenvalue weighted by Gasteiger charge is -2.14. The van der Waals surface area contributed by atoms with Gasteiger partial charge >= 0.3 is 0 Å². The lowest BCUT2D eigenvalue weighted by Crippen LogP contribution is -2.28. The van der Waals surface area contributed by atoms with Crippen LogP contribution in [-0.4, -0.2) is 16.8 Å². The van der Waals surface area contributed by atoms with Gasteiger partial charge in [0.15, 0.2) is 10.9 Å². The van der Waals surface area contributed by atoms with Crippen LogP contribution in [0.3, 0.4) is 0 Å². The van der Waals surface area contributed by atoms with Gasteiger partial charge in [0.2, 0.25) is 0 Å². The summed E-state index contributed by atoms with van der Waals surface area (Å²) in [5.74, 6) is -0.290. The molecule has 7 heteroatoms. The van der Waals surface area contributed by atoms with Crippen molar-refractivity contribution in [3.05, 3.63) is 64.8 Å². The van der Waals surface area contributed by atoms with Crippen LogP contribution < -0.4 is 9.64 Å². The van der Waals surface area contributed by atoms with E-state index >= 15 is 0 Å². The van der Waals surface area contributed by atoms with Gasteiger partial charge in [0.05, 0.1) is 10.6 Å². The van der Waals surface area contributed by atoms with Gasteiger partial charge in [-0.3, -0.25) is 9.69 Å². The normalized spacial score (nSPS) is 15.5. The topological polar surface area (TPSA) is 53.3 Å². The second kappa shape index (κ2) is 7.47. The Morgan fingerprint density at radius 1 is 1.24 bits per heavy atom. The molecule has 3 rings (SSSR count). The molecule has 2 aromatic rings. The van der Waals surface area contributed by atoms with Crippen LogP contribution in [0.25, 0.3) is 6.08 Å². The van der Waals surface area contributed by atoms with Crippen LogP contribution in [0.4, 0.5) is 10.1 Å². The molecule has 25 heavy (non-hydrogen) atoms. The Kier molecular flexibility index (Phi) is 5.12. The monoisotopic (exact) mass is 370 g/mol. The van der Waals surface area contributed by atoms with E-state index in [2.05, 4.69) is 0 Å². The molecule has 2 aromatic carbocycles. The number of para-hydroxylation sites is 1. The summed E-state index contributed by atoms with van der Waals surface area (Å²) in [7, 11) is 0. The van der Waals surface area contributed by atoms with E-state index in [9.17, 15) is 9.18 Å². The average Bonchev–Trinajstić information content (AvgIpc) is 2.89. The fraction of sp³-hybridized carbons (Fsp3) is 0.0556. The van der Waals surface area contributed by atoms with E-state index in [0.717, 1.165) is 17.3 Å². The summed E-state index contributed by atoms with van der Waals surface area (Å²) in [6.07, 6.45) is 1.69. The van der Waals surface area contributed by atoms with E-state index < -0.39 is 5.82 Å². The highest BCUT2D eigenvalue weighted by Gasteiger charge is 2.34. The molecule has 124 valence electrons. The summed E-state index contributed by atoms with van der Waals surface area (Å²) in [5, 5.41) is 8.50. The van der Waals surface area contributed by atoms with Crippen LogP contribution in [0.15, 0.2) is 53.4 Å². The minimum atomic E-state index is -0.501. The first-order valence-corrected chi connectivity index (χ1v) is 8.45. The summed E-state index contributed by atoms with van der Waals surface area (Å²) in [6, 6.07) is 14.9. The van der Waals surface area contributed by atoms with Gasteiger partial charge in [0.1, 0.15) is 17.6 Å². The summed E-state index contributed by atoms with van der Waals surface area (Å²) >= 11 is 6.36. The quantitative estimate of drug-likeness (QED) is 0.598. The Morgan fingerprint density at radius 3 is 2.64 bits per heavy atom. The second-order valence-corrected chi connectivity index (χ2v) is 6.66. The van der Waals surface area contributed by atoms with Crippen molar-refractivity contribution in [1.29, 1.82) is 5.26 Å². The van der Waals surface area contributed by atoms with Crippen molar-refractivity contribution >= 4 is 46.0 Å². The molecule has 1 saturated heterocycles. The van der Waals surface area contributed by atoms with E-state index in [1.54, 1.807) is 42.5 Å². The van der Waals surface area contributed by atoms with Crippen molar-refractivity contribution in [3.8, 4) is 11.8 Å². The number of thioether (sulfide) groups is 1. The first kappa shape index (κ1) is 17.1. The van der Waals surface area contributed by atoms with Gasteiger partial charge in [0, 0.05) is 0 Å². The number of benzene rings is 2. The first-order chi connectivity index (χ1) is 12.1. The number of hydrogen-bond donors (Lipinski definition) is 0. The van der Waals surface area contributed by atoms with Crippen molar-refractivity contribution in [2.45, 2.75) is 0 Å². The molecule has 1 aliphatic heterocycles. The van der Waals surface area contributed by atoms with Crippen LogP contribution in [0.1, 0.15) is 5.56 Å². The Balaban J connectivity index is 1.83. The van der Waals surface area contributed by atoms with Crippen LogP contribution >= 0.6 is 24.0 Å².